The van der Waals surface area contributed by atoms with Crippen LogP contribution < -0.4 is 24.2 Å². The number of nitrogens with zero attached hydrogens (tertiary/aromatic N) is 3. The first-order chi connectivity index (χ1) is 23.5. The topological polar surface area (TPSA) is 115 Å². The van der Waals surface area contributed by atoms with Gasteiger partial charge in [0.05, 0.1) is 37.3 Å². The summed E-state index contributed by atoms with van der Waals surface area (Å²) in [7, 11) is 3.00. The maximum atomic E-state index is 14.5. The molecule has 3 aliphatic rings. The fourth-order valence-electron chi connectivity index (χ4n) is 6.67. The zero-order valence-corrected chi connectivity index (χ0v) is 29.1. The molecule has 0 unspecified atom stereocenters. The van der Waals surface area contributed by atoms with E-state index in [1.165, 1.54) is 49.7 Å². The number of pyridine rings is 1. The zero-order valence-electron chi connectivity index (χ0n) is 26.7. The Balaban J connectivity index is 1.40. The molecule has 3 saturated heterocycles. The molecule has 2 atom stereocenters. The number of halogens is 3. The van der Waals surface area contributed by atoms with Crippen molar-refractivity contribution in [2.75, 3.05) is 38.8 Å². The van der Waals surface area contributed by atoms with Crippen molar-refractivity contribution in [3.63, 3.8) is 0 Å². The Morgan fingerprint density at radius 3 is 2.41 bits per heavy atom. The quantitative estimate of drug-likeness (QED) is 0.154. The number of piperidine rings is 3. The van der Waals surface area contributed by atoms with Crippen LogP contribution >= 0.6 is 34.5 Å². The van der Waals surface area contributed by atoms with Crippen molar-refractivity contribution in [2.45, 2.75) is 37.8 Å². The van der Waals surface area contributed by atoms with Crippen molar-refractivity contribution in [1.82, 2.24) is 4.90 Å². The van der Waals surface area contributed by atoms with E-state index in [1.54, 1.807) is 30.3 Å². The maximum absolute atomic E-state index is 14.5. The third-order valence-electron chi connectivity index (χ3n) is 9.16. The lowest BCUT2D eigenvalue weighted by molar-refractivity contribution is -0.904. The van der Waals surface area contributed by atoms with Crippen molar-refractivity contribution < 1.29 is 43.2 Å². The summed E-state index contributed by atoms with van der Waals surface area (Å²) >= 11 is 14.0. The van der Waals surface area contributed by atoms with Gasteiger partial charge < -0.3 is 24.1 Å². The molecule has 14 heteroatoms. The maximum Gasteiger partial charge on any atom is 0.414 e. The number of thiophene rings is 1. The molecule has 0 spiro atoms. The lowest BCUT2D eigenvalue weighted by Crippen LogP contribution is -2.53. The standard InChI is InChI=1S/C35H34Cl2FN3O7S/c1-46-30-7-6-21(12-31(30)47-2)25(15-27-28(36)17-40(45)18-29(27)37)26-14-24(49-33(26)34(42)43)16-41(23-5-3-4-22(38)13-23)35(44)48-32-19-39-10-8-20(32)9-11-39/h3-7,12-14,17-18,20,25,32H,8-11,15-16,19H2,1-2H3,(H-,42,43,45)/t25-,32-/m0/s1. The molecule has 0 aliphatic carbocycles. The molecule has 3 fully saturated rings. The van der Waals surface area contributed by atoms with Crippen LogP contribution in [0.1, 0.15) is 50.0 Å². The first kappa shape index (κ1) is 34.8. The number of fused-ring (bicyclic) bond motifs is 3. The van der Waals surface area contributed by atoms with Crippen molar-refractivity contribution in [3.05, 3.63) is 103 Å². The molecule has 3 aliphatic heterocycles. The van der Waals surface area contributed by atoms with Crippen molar-refractivity contribution in [2.24, 2.45) is 5.92 Å². The number of amides is 1. The van der Waals surface area contributed by atoms with E-state index in [-0.39, 0.29) is 45.6 Å². The second-order valence-corrected chi connectivity index (χ2v) is 14.0. The van der Waals surface area contributed by atoms with Gasteiger partial charge in [-0.3, -0.25) is 15.0 Å². The molecular formula is C35H34Cl2FN3O7S. The van der Waals surface area contributed by atoms with Gasteiger partial charge in [0.15, 0.2) is 11.5 Å². The number of aromatic carboxylic acids is 1. The minimum atomic E-state index is -1.41. The number of benzene rings is 2. The minimum Gasteiger partial charge on any atom is -0.544 e. The van der Waals surface area contributed by atoms with Crippen LogP contribution in [0.25, 0.3) is 0 Å². The zero-order chi connectivity index (χ0) is 34.8. The number of carbonyl (C=O) groups excluding carboxylic acids is 2. The lowest BCUT2D eigenvalue weighted by atomic mass is 9.85. The predicted octanol–water partition coefficient (Wildman–Crippen LogP) is 5.71. The van der Waals surface area contributed by atoms with Gasteiger partial charge in [-0.05, 0) is 85.8 Å². The number of carbonyl (C=O) groups is 2. The molecule has 258 valence electrons. The van der Waals surface area contributed by atoms with Crippen molar-refractivity contribution in [3.8, 4) is 11.5 Å². The van der Waals surface area contributed by atoms with Gasteiger partial charge in [-0.2, -0.15) is 0 Å². The molecule has 5 heterocycles. The summed E-state index contributed by atoms with van der Waals surface area (Å²) in [6, 6.07) is 12.6. The normalized spacial score (nSPS) is 18.9. The largest absolute Gasteiger partial charge is 0.544 e. The highest BCUT2D eigenvalue weighted by Gasteiger charge is 2.38. The van der Waals surface area contributed by atoms with Crippen LogP contribution in [-0.2, 0) is 17.7 Å². The van der Waals surface area contributed by atoms with Gasteiger partial charge in [0.1, 0.15) is 22.0 Å². The average molecular weight is 731 g/mol. The number of ether oxygens (including phenoxy) is 3. The fourth-order valence-corrected chi connectivity index (χ4v) is 8.32. The SMILES string of the molecule is COc1ccc([C@H](Cc2c(Cl)c[n+](O)cc2Cl)c2cc(CN(C(=O)O[C@H]3CN4CCC3CC4)c3cccc(F)c3)sc2C(=O)[O-])cc1OC. The Bertz CT molecular complexity index is 1840. The van der Waals surface area contributed by atoms with Crippen LogP contribution in [0.15, 0.2) is 60.9 Å². The van der Waals surface area contributed by atoms with Gasteiger partial charge >= 0.3 is 6.09 Å². The van der Waals surface area contributed by atoms with Gasteiger partial charge in [-0.25, -0.2) is 9.18 Å². The average Bonchev–Trinajstić information content (AvgIpc) is 3.51. The molecule has 49 heavy (non-hydrogen) atoms. The molecule has 2 aromatic heterocycles. The number of aromatic nitrogens is 1. The lowest BCUT2D eigenvalue weighted by Gasteiger charge is -2.44. The van der Waals surface area contributed by atoms with Crippen LogP contribution in [0.5, 0.6) is 11.5 Å². The van der Waals surface area contributed by atoms with Crippen LogP contribution in [0.3, 0.4) is 0 Å². The molecule has 2 bridgehead atoms. The summed E-state index contributed by atoms with van der Waals surface area (Å²) < 4.78 is 32.2. The highest BCUT2D eigenvalue weighted by Crippen LogP contribution is 2.41. The van der Waals surface area contributed by atoms with Crippen molar-refractivity contribution in [1.29, 1.82) is 0 Å². The summed E-state index contributed by atoms with van der Waals surface area (Å²) in [6.07, 6.45) is 3.62. The van der Waals surface area contributed by atoms with Gasteiger partial charge in [-0.15, -0.1) is 11.3 Å². The highest BCUT2D eigenvalue weighted by atomic mass is 35.5. The molecule has 1 N–H and O–H groups in total. The van der Waals surface area contributed by atoms with E-state index in [9.17, 15) is 24.3 Å². The number of anilines is 1. The highest BCUT2D eigenvalue weighted by molar-refractivity contribution is 7.14. The summed E-state index contributed by atoms with van der Waals surface area (Å²) in [6.45, 7) is 2.48. The summed E-state index contributed by atoms with van der Waals surface area (Å²) in [5, 5.41) is 23.0. The molecule has 0 saturated carbocycles. The number of hydrogen-bond acceptors (Lipinski definition) is 9. The molecule has 2 aromatic carbocycles. The first-order valence-electron chi connectivity index (χ1n) is 15.6. The summed E-state index contributed by atoms with van der Waals surface area (Å²) in [5.74, 6) is -1.47. The molecule has 1 amide bonds. The van der Waals surface area contributed by atoms with Gasteiger partial charge in [0.25, 0.3) is 0 Å². The number of methoxy groups -OCH3 is 2. The number of carboxylic acids is 1. The van der Waals surface area contributed by atoms with E-state index < -0.39 is 23.8 Å². The number of rotatable bonds is 11. The Morgan fingerprint density at radius 2 is 1.80 bits per heavy atom. The van der Waals surface area contributed by atoms with E-state index in [1.807, 2.05) is 0 Å². The third kappa shape index (κ3) is 7.57. The predicted molar refractivity (Wildman–Crippen MR) is 180 cm³/mol. The van der Waals surface area contributed by atoms with Crippen LogP contribution in [-0.4, -0.2) is 62.1 Å². The molecule has 0 radical (unpaired) electrons. The summed E-state index contributed by atoms with van der Waals surface area (Å²) in [5.41, 5.74) is 1.77. The molecule has 10 nitrogen and oxygen atoms in total. The number of hydrogen-bond donors (Lipinski definition) is 1. The van der Waals surface area contributed by atoms with Gasteiger partial charge in [0, 0.05) is 27.6 Å². The minimum absolute atomic E-state index is 0.0693. The van der Waals surface area contributed by atoms with E-state index >= 15 is 0 Å². The Morgan fingerprint density at radius 1 is 1.08 bits per heavy atom. The Labute approximate surface area is 296 Å². The van der Waals surface area contributed by atoms with Gasteiger partial charge in [0.2, 0.25) is 12.4 Å². The van der Waals surface area contributed by atoms with Crippen LogP contribution in [0.2, 0.25) is 10.0 Å². The second-order valence-electron chi connectivity index (χ2n) is 12.1. The van der Waals surface area contributed by atoms with E-state index in [0.717, 1.165) is 42.0 Å². The first-order valence-corrected chi connectivity index (χ1v) is 17.2. The Hall–Kier alpha value is -4.10. The summed E-state index contributed by atoms with van der Waals surface area (Å²) in [4.78, 5) is 30.5. The monoisotopic (exact) mass is 729 g/mol. The van der Waals surface area contributed by atoms with Crippen LogP contribution in [0, 0.1) is 11.7 Å². The van der Waals surface area contributed by atoms with E-state index in [0.29, 0.717) is 39.6 Å². The van der Waals surface area contributed by atoms with Crippen molar-refractivity contribution >= 4 is 52.3 Å². The fraction of sp³-hybridized carbons (Fsp3) is 0.343. The smallest absolute Gasteiger partial charge is 0.414 e. The van der Waals surface area contributed by atoms with Gasteiger partial charge in [-0.1, -0.05) is 35.3 Å². The molecule has 7 rings (SSSR count). The molecular weight excluding hydrogens is 696 g/mol. The van der Waals surface area contributed by atoms with Crippen LogP contribution in [0.4, 0.5) is 14.9 Å². The van der Waals surface area contributed by atoms with E-state index in [4.69, 9.17) is 37.4 Å². The van der Waals surface area contributed by atoms with E-state index in [2.05, 4.69) is 4.90 Å². The second kappa shape index (κ2) is 14.8. The number of carboxylic acid groups (broad SMARTS) is 1. The molecule has 4 aromatic rings. The Kier molecular flexibility index (Phi) is 10.5. The third-order valence-corrected chi connectivity index (χ3v) is 10.9.